The number of hydrogen-bond donors (Lipinski definition) is 2. The molecule has 0 saturated carbocycles. The van der Waals surface area contributed by atoms with Gasteiger partial charge in [-0.1, -0.05) is 0 Å². The maximum Gasteiger partial charge on any atom is 0.261 e. The van der Waals surface area contributed by atoms with E-state index in [0.29, 0.717) is 34.7 Å². The third-order valence-electron chi connectivity index (χ3n) is 6.24. The quantitative estimate of drug-likeness (QED) is 0.661. The Morgan fingerprint density at radius 2 is 2.10 bits per heavy atom. The van der Waals surface area contributed by atoms with Crippen LogP contribution in [0.5, 0.6) is 5.75 Å². The molecular weight excluding hydrogens is 389 g/mol. The number of piperidine rings is 1. The van der Waals surface area contributed by atoms with Crippen molar-refractivity contribution in [1.29, 1.82) is 0 Å². The normalized spacial score (nSPS) is 25.6. The highest BCUT2D eigenvalue weighted by atomic mass is 19.1. The van der Waals surface area contributed by atoms with Crippen LogP contribution < -0.4 is 15.8 Å². The van der Waals surface area contributed by atoms with Crippen LogP contribution in [0.3, 0.4) is 0 Å². The molecule has 2 saturated heterocycles. The van der Waals surface area contributed by atoms with Crippen molar-refractivity contribution in [3.63, 3.8) is 0 Å². The second-order valence-corrected chi connectivity index (χ2v) is 8.09. The van der Waals surface area contributed by atoms with Gasteiger partial charge in [0, 0.05) is 26.2 Å². The lowest BCUT2D eigenvalue weighted by atomic mass is 9.96. The van der Waals surface area contributed by atoms with Gasteiger partial charge in [-0.15, -0.1) is 10.2 Å². The number of aromatic hydroxyl groups is 1. The average molecular weight is 411 g/mol. The predicted molar refractivity (Wildman–Crippen MR) is 109 cm³/mol. The first-order valence-corrected chi connectivity index (χ1v) is 9.94. The number of fused-ring (bicyclic) bond motifs is 3. The van der Waals surface area contributed by atoms with E-state index in [9.17, 15) is 14.3 Å². The molecule has 0 amide bonds. The molecule has 10 heteroatoms. The van der Waals surface area contributed by atoms with Crippen LogP contribution in [-0.2, 0) is 7.05 Å². The number of benzene rings is 1. The molecule has 9 nitrogen and oxygen atoms in total. The van der Waals surface area contributed by atoms with Gasteiger partial charge in [0.05, 0.1) is 35.0 Å². The number of phenols is 1. The van der Waals surface area contributed by atoms with Gasteiger partial charge in [-0.25, -0.2) is 14.4 Å². The molecule has 4 heterocycles. The van der Waals surface area contributed by atoms with Gasteiger partial charge >= 0.3 is 0 Å². The summed E-state index contributed by atoms with van der Waals surface area (Å²) in [5, 5.41) is 22.4. The van der Waals surface area contributed by atoms with Crippen LogP contribution in [0.15, 0.2) is 29.5 Å². The van der Waals surface area contributed by atoms with Gasteiger partial charge < -0.3 is 19.9 Å². The topological polar surface area (TPSA) is 109 Å². The summed E-state index contributed by atoms with van der Waals surface area (Å²) >= 11 is 0. The van der Waals surface area contributed by atoms with Crippen LogP contribution in [0.4, 0.5) is 10.2 Å². The molecule has 0 aliphatic carbocycles. The molecule has 0 spiro atoms. The maximum atomic E-state index is 14.8. The van der Waals surface area contributed by atoms with Crippen molar-refractivity contribution in [3.05, 3.63) is 35.0 Å². The Hall–Kier alpha value is -3.14. The Labute approximate surface area is 171 Å². The predicted octanol–water partition coefficient (Wildman–Crippen LogP) is 1.16. The highest BCUT2D eigenvalue weighted by Crippen LogP contribution is 2.33. The second kappa shape index (κ2) is 6.98. The minimum Gasteiger partial charge on any atom is -0.507 e. The minimum atomic E-state index is -0.978. The number of aromatic nitrogens is 5. The molecule has 3 aromatic rings. The van der Waals surface area contributed by atoms with Crippen LogP contribution >= 0.6 is 0 Å². The maximum absolute atomic E-state index is 14.8. The lowest BCUT2D eigenvalue weighted by molar-refractivity contribution is 0.176. The smallest absolute Gasteiger partial charge is 0.261 e. The summed E-state index contributed by atoms with van der Waals surface area (Å²) in [7, 11) is 3.40. The van der Waals surface area contributed by atoms with E-state index in [4.69, 9.17) is 0 Å². The fourth-order valence-electron chi connectivity index (χ4n) is 4.50. The van der Waals surface area contributed by atoms with Crippen molar-refractivity contribution in [1.82, 2.24) is 30.0 Å². The van der Waals surface area contributed by atoms with Crippen molar-refractivity contribution in [2.45, 2.75) is 43.6 Å². The SMILES string of the molecule is CN(c1cnc(-c2cc3ncn(C)c(=O)c3cc2O)nn1)[C@H]1C[C@@H]2CC[C@@H](N2)[C@H]1F. The van der Waals surface area contributed by atoms with E-state index in [1.807, 2.05) is 0 Å². The third kappa shape index (κ3) is 2.98. The molecule has 2 aliphatic rings. The molecule has 5 rings (SSSR count). The fourth-order valence-corrected chi connectivity index (χ4v) is 4.50. The van der Waals surface area contributed by atoms with Gasteiger partial charge in [0.1, 0.15) is 11.9 Å². The van der Waals surface area contributed by atoms with Crippen LogP contribution in [0, 0.1) is 0 Å². The molecule has 2 bridgehead atoms. The summed E-state index contributed by atoms with van der Waals surface area (Å²) in [5.74, 6) is 0.547. The van der Waals surface area contributed by atoms with E-state index in [2.05, 4.69) is 25.5 Å². The van der Waals surface area contributed by atoms with Crippen molar-refractivity contribution >= 4 is 16.7 Å². The van der Waals surface area contributed by atoms with Gasteiger partial charge in [0.25, 0.3) is 5.56 Å². The van der Waals surface area contributed by atoms with Gasteiger partial charge in [-0.2, -0.15) is 0 Å². The van der Waals surface area contributed by atoms with Crippen LogP contribution in [0.25, 0.3) is 22.3 Å². The standard InChI is InChI=1S/C20H22FN7O2/c1-27-9-23-14-6-12(16(29)7-11(14)20(27)30)19-22-8-17(25-26-19)28(2)15-5-10-3-4-13(24-10)18(15)21/h6-10,13,15,18,24,29H,3-5H2,1-2H3/t10-,13+,15-,18+/m0/s1. The Kier molecular flexibility index (Phi) is 4.39. The van der Waals surface area contributed by atoms with Crippen LogP contribution in [-0.4, -0.2) is 61.2 Å². The van der Waals surface area contributed by atoms with Crippen molar-refractivity contribution in [2.75, 3.05) is 11.9 Å². The lowest BCUT2D eigenvalue weighted by Gasteiger charge is -2.38. The molecule has 156 valence electrons. The number of nitrogens with zero attached hydrogens (tertiary/aromatic N) is 6. The summed E-state index contributed by atoms with van der Waals surface area (Å²) in [6.07, 6.45) is 4.54. The van der Waals surface area contributed by atoms with E-state index in [1.54, 1.807) is 25.1 Å². The van der Waals surface area contributed by atoms with E-state index in [-0.39, 0.29) is 29.2 Å². The molecular formula is C20H22FN7O2. The second-order valence-electron chi connectivity index (χ2n) is 8.09. The average Bonchev–Trinajstić information content (AvgIpc) is 3.17. The Bertz CT molecular complexity index is 1170. The number of phenolic OH excluding ortho intramolecular Hbond substituents is 1. The van der Waals surface area contributed by atoms with Crippen LogP contribution in [0.2, 0.25) is 0 Å². The van der Waals surface area contributed by atoms with E-state index >= 15 is 0 Å². The zero-order valence-corrected chi connectivity index (χ0v) is 16.7. The Balaban J connectivity index is 1.44. The lowest BCUT2D eigenvalue weighted by Crippen LogP contribution is -2.55. The first-order valence-electron chi connectivity index (χ1n) is 9.94. The molecule has 0 unspecified atom stereocenters. The Morgan fingerprint density at radius 1 is 1.27 bits per heavy atom. The summed E-state index contributed by atoms with van der Waals surface area (Å²) in [4.78, 5) is 22.6. The number of alkyl halides is 1. The zero-order valence-electron chi connectivity index (χ0n) is 16.7. The summed E-state index contributed by atoms with van der Waals surface area (Å²) in [6, 6.07) is 2.88. The van der Waals surface area contributed by atoms with Gasteiger partial charge in [-0.3, -0.25) is 4.79 Å². The van der Waals surface area contributed by atoms with E-state index in [1.165, 1.54) is 23.2 Å². The molecule has 2 aliphatic heterocycles. The monoisotopic (exact) mass is 411 g/mol. The zero-order chi connectivity index (χ0) is 21.0. The number of aryl methyl sites for hydroxylation is 1. The van der Waals surface area contributed by atoms with Gasteiger partial charge in [0.15, 0.2) is 11.6 Å². The molecule has 1 aromatic carbocycles. The van der Waals surface area contributed by atoms with Crippen molar-refractivity contribution in [2.24, 2.45) is 7.05 Å². The molecule has 4 atom stereocenters. The molecule has 2 aromatic heterocycles. The third-order valence-corrected chi connectivity index (χ3v) is 6.24. The largest absolute Gasteiger partial charge is 0.507 e. The first-order chi connectivity index (χ1) is 14.4. The molecule has 2 fully saturated rings. The summed E-state index contributed by atoms with van der Waals surface area (Å²) in [5.41, 5.74) is 0.504. The molecule has 2 N–H and O–H groups in total. The number of rotatable bonds is 3. The van der Waals surface area contributed by atoms with Crippen molar-refractivity contribution < 1.29 is 9.50 Å². The molecule has 30 heavy (non-hydrogen) atoms. The van der Waals surface area contributed by atoms with Gasteiger partial charge in [-0.05, 0) is 31.4 Å². The highest BCUT2D eigenvalue weighted by Gasteiger charge is 2.43. The number of anilines is 1. The minimum absolute atomic E-state index is 0.105. The highest BCUT2D eigenvalue weighted by molar-refractivity contribution is 5.85. The number of nitrogens with one attached hydrogen (secondary N) is 1. The first kappa shape index (κ1) is 18.9. The summed E-state index contributed by atoms with van der Waals surface area (Å²) in [6.45, 7) is 0. The molecule has 0 radical (unpaired) electrons. The van der Waals surface area contributed by atoms with Gasteiger partial charge in [0.2, 0.25) is 0 Å². The van der Waals surface area contributed by atoms with E-state index in [0.717, 1.165) is 12.8 Å². The van der Waals surface area contributed by atoms with Crippen molar-refractivity contribution in [3.8, 4) is 17.1 Å². The summed E-state index contributed by atoms with van der Waals surface area (Å²) < 4.78 is 16.2. The number of halogens is 1. The Morgan fingerprint density at radius 3 is 2.87 bits per heavy atom. The number of hydrogen-bond acceptors (Lipinski definition) is 8. The van der Waals surface area contributed by atoms with E-state index < -0.39 is 6.17 Å². The fraction of sp³-hybridized carbons (Fsp3) is 0.450. The van der Waals surface area contributed by atoms with Crippen LogP contribution in [0.1, 0.15) is 19.3 Å².